The molecule has 1 aromatic heterocycles. The fourth-order valence-corrected chi connectivity index (χ4v) is 3.26. The van der Waals surface area contributed by atoms with Crippen molar-refractivity contribution in [3.63, 3.8) is 0 Å². The molecule has 0 atom stereocenters. The molecule has 1 amide bonds. The first-order chi connectivity index (χ1) is 11.6. The Hall–Kier alpha value is -2.99. The summed E-state index contributed by atoms with van der Waals surface area (Å²) in [6.45, 7) is 0. The normalized spacial score (nSPS) is 10.4. The van der Waals surface area contributed by atoms with Crippen LogP contribution in [0.1, 0.15) is 20.7 Å². The van der Waals surface area contributed by atoms with Crippen molar-refractivity contribution in [2.24, 2.45) is 0 Å². The SMILES string of the molecule is O=C(Nc1scc(-c2ccccc2)c1C(=O)O)c1ccccc1F. The van der Waals surface area contributed by atoms with Gasteiger partial charge in [-0.2, -0.15) is 0 Å². The monoisotopic (exact) mass is 341 g/mol. The highest BCUT2D eigenvalue weighted by molar-refractivity contribution is 7.15. The number of benzene rings is 2. The van der Waals surface area contributed by atoms with Crippen molar-refractivity contribution >= 4 is 28.2 Å². The summed E-state index contributed by atoms with van der Waals surface area (Å²) in [5.41, 5.74) is 1.11. The molecule has 0 bridgehead atoms. The molecular weight excluding hydrogens is 329 g/mol. The molecule has 0 spiro atoms. The Balaban J connectivity index is 1.98. The van der Waals surface area contributed by atoms with Gasteiger partial charge in [0.2, 0.25) is 0 Å². The van der Waals surface area contributed by atoms with Gasteiger partial charge in [0.15, 0.2) is 0 Å². The number of carbonyl (C=O) groups is 2. The van der Waals surface area contributed by atoms with Gasteiger partial charge < -0.3 is 10.4 Å². The molecule has 24 heavy (non-hydrogen) atoms. The van der Waals surface area contributed by atoms with Gasteiger partial charge in [-0.1, -0.05) is 42.5 Å². The molecule has 0 unspecified atom stereocenters. The number of nitrogens with one attached hydrogen (secondary N) is 1. The third-order valence-corrected chi connectivity index (χ3v) is 4.33. The van der Waals surface area contributed by atoms with Crippen molar-refractivity contribution in [1.29, 1.82) is 0 Å². The van der Waals surface area contributed by atoms with Crippen molar-refractivity contribution in [2.45, 2.75) is 0 Å². The molecule has 6 heteroatoms. The third-order valence-electron chi connectivity index (χ3n) is 3.44. The molecule has 2 aromatic carbocycles. The molecule has 120 valence electrons. The largest absolute Gasteiger partial charge is 0.478 e. The molecule has 0 saturated carbocycles. The number of aromatic carboxylic acids is 1. The minimum Gasteiger partial charge on any atom is -0.478 e. The zero-order valence-corrected chi connectivity index (χ0v) is 13.1. The van der Waals surface area contributed by atoms with Gasteiger partial charge in [-0.25, -0.2) is 9.18 Å². The van der Waals surface area contributed by atoms with E-state index in [4.69, 9.17) is 0 Å². The van der Waals surface area contributed by atoms with E-state index in [0.29, 0.717) is 5.56 Å². The lowest BCUT2D eigenvalue weighted by atomic mass is 10.0. The molecule has 1 heterocycles. The summed E-state index contributed by atoms with van der Waals surface area (Å²) in [5.74, 6) is -2.50. The summed E-state index contributed by atoms with van der Waals surface area (Å²) in [5, 5.41) is 13.9. The van der Waals surface area contributed by atoms with Crippen LogP contribution < -0.4 is 5.32 Å². The fraction of sp³-hybridized carbons (Fsp3) is 0. The van der Waals surface area contributed by atoms with Crippen LogP contribution in [0.2, 0.25) is 0 Å². The summed E-state index contributed by atoms with van der Waals surface area (Å²) in [4.78, 5) is 23.9. The molecule has 0 aliphatic heterocycles. The Kier molecular flexibility index (Phi) is 4.39. The van der Waals surface area contributed by atoms with E-state index in [-0.39, 0.29) is 16.1 Å². The second-order valence-corrected chi connectivity index (χ2v) is 5.84. The summed E-state index contributed by atoms with van der Waals surface area (Å²) in [6, 6.07) is 14.6. The standard InChI is InChI=1S/C18H12FNO3S/c19-14-9-5-4-8-12(14)16(21)20-17-15(18(22)23)13(10-24-17)11-6-2-1-3-7-11/h1-10H,(H,20,21)(H,22,23). The molecule has 2 N–H and O–H groups in total. The number of carbonyl (C=O) groups excluding carboxylic acids is 1. The highest BCUT2D eigenvalue weighted by atomic mass is 32.1. The number of rotatable bonds is 4. The number of carboxylic acid groups (broad SMARTS) is 1. The van der Waals surface area contributed by atoms with Gasteiger partial charge in [0, 0.05) is 10.9 Å². The average molecular weight is 341 g/mol. The van der Waals surface area contributed by atoms with Gasteiger partial charge in [0.1, 0.15) is 16.4 Å². The van der Waals surface area contributed by atoms with Crippen LogP contribution in [0.5, 0.6) is 0 Å². The van der Waals surface area contributed by atoms with Crippen LogP contribution in [0.4, 0.5) is 9.39 Å². The predicted molar refractivity (Wildman–Crippen MR) is 91.1 cm³/mol. The number of carboxylic acids is 1. The van der Waals surface area contributed by atoms with Gasteiger partial charge in [0.25, 0.3) is 5.91 Å². The van der Waals surface area contributed by atoms with E-state index in [1.54, 1.807) is 35.7 Å². The quantitative estimate of drug-likeness (QED) is 0.734. The highest BCUT2D eigenvalue weighted by Crippen LogP contribution is 2.35. The van der Waals surface area contributed by atoms with Crippen molar-refractivity contribution in [3.05, 3.63) is 76.9 Å². The average Bonchev–Trinajstić information content (AvgIpc) is 2.99. The lowest BCUT2D eigenvalue weighted by Crippen LogP contribution is -2.15. The van der Waals surface area contributed by atoms with Crippen LogP contribution in [0, 0.1) is 5.82 Å². The maximum Gasteiger partial charge on any atom is 0.339 e. The van der Waals surface area contributed by atoms with Crippen LogP contribution in [0.3, 0.4) is 0 Å². The van der Waals surface area contributed by atoms with E-state index in [1.165, 1.54) is 18.2 Å². The van der Waals surface area contributed by atoms with Crippen molar-refractivity contribution in [2.75, 3.05) is 5.32 Å². The second-order valence-electron chi connectivity index (χ2n) is 4.96. The summed E-state index contributed by atoms with van der Waals surface area (Å²) in [6.07, 6.45) is 0. The van der Waals surface area contributed by atoms with Gasteiger partial charge in [-0.15, -0.1) is 11.3 Å². The van der Waals surface area contributed by atoms with Crippen molar-refractivity contribution in [1.82, 2.24) is 0 Å². The lowest BCUT2D eigenvalue weighted by molar-refractivity contribution is 0.0699. The zero-order chi connectivity index (χ0) is 17.1. The van der Waals surface area contributed by atoms with Crippen LogP contribution in [0.15, 0.2) is 60.0 Å². The number of amides is 1. The molecule has 0 saturated heterocycles. The Morgan fingerprint density at radius 1 is 1.00 bits per heavy atom. The van der Waals surface area contributed by atoms with E-state index in [0.717, 1.165) is 16.9 Å². The maximum atomic E-state index is 13.7. The molecular formula is C18H12FNO3S. The topological polar surface area (TPSA) is 66.4 Å². The predicted octanol–water partition coefficient (Wildman–Crippen LogP) is 4.50. The molecule has 3 rings (SSSR count). The van der Waals surface area contributed by atoms with Crippen LogP contribution in [-0.4, -0.2) is 17.0 Å². The third kappa shape index (κ3) is 3.04. The molecule has 0 aliphatic carbocycles. The Morgan fingerprint density at radius 3 is 2.33 bits per heavy atom. The van der Waals surface area contributed by atoms with Gasteiger partial charge >= 0.3 is 5.97 Å². The first-order valence-corrected chi connectivity index (χ1v) is 7.92. The summed E-state index contributed by atoms with van der Waals surface area (Å²) >= 11 is 1.09. The van der Waals surface area contributed by atoms with Crippen molar-refractivity contribution in [3.8, 4) is 11.1 Å². The number of hydrogen-bond donors (Lipinski definition) is 2. The van der Waals surface area contributed by atoms with E-state index in [2.05, 4.69) is 5.32 Å². The molecule has 4 nitrogen and oxygen atoms in total. The maximum absolute atomic E-state index is 13.7. The van der Waals surface area contributed by atoms with Crippen LogP contribution >= 0.6 is 11.3 Å². The number of anilines is 1. The minimum absolute atomic E-state index is 0.00381. The first-order valence-electron chi connectivity index (χ1n) is 7.04. The van der Waals surface area contributed by atoms with Crippen LogP contribution in [0.25, 0.3) is 11.1 Å². The Morgan fingerprint density at radius 2 is 1.67 bits per heavy atom. The summed E-state index contributed by atoms with van der Waals surface area (Å²) in [7, 11) is 0. The number of halogens is 1. The van der Waals surface area contributed by atoms with Gasteiger partial charge in [0.05, 0.1) is 5.56 Å². The molecule has 0 radical (unpaired) electrons. The Bertz CT molecular complexity index is 906. The molecule has 3 aromatic rings. The summed E-state index contributed by atoms with van der Waals surface area (Å²) < 4.78 is 13.7. The minimum atomic E-state index is -1.15. The van der Waals surface area contributed by atoms with E-state index in [9.17, 15) is 19.1 Å². The van der Waals surface area contributed by atoms with Crippen LogP contribution in [-0.2, 0) is 0 Å². The van der Waals surface area contributed by atoms with Gasteiger partial charge in [-0.05, 0) is 17.7 Å². The Labute approximate surface area is 141 Å². The zero-order valence-electron chi connectivity index (χ0n) is 12.3. The van der Waals surface area contributed by atoms with E-state index in [1.807, 2.05) is 6.07 Å². The van der Waals surface area contributed by atoms with Crippen molar-refractivity contribution < 1.29 is 19.1 Å². The first kappa shape index (κ1) is 15.9. The number of hydrogen-bond acceptors (Lipinski definition) is 3. The highest BCUT2D eigenvalue weighted by Gasteiger charge is 2.22. The van der Waals surface area contributed by atoms with Gasteiger partial charge in [-0.3, -0.25) is 4.79 Å². The second kappa shape index (κ2) is 6.64. The number of thiophene rings is 1. The van der Waals surface area contributed by atoms with E-state index >= 15 is 0 Å². The molecule has 0 fully saturated rings. The fourth-order valence-electron chi connectivity index (χ4n) is 2.31. The molecule has 0 aliphatic rings. The smallest absolute Gasteiger partial charge is 0.339 e. The lowest BCUT2D eigenvalue weighted by Gasteiger charge is -2.06. The van der Waals surface area contributed by atoms with E-state index < -0.39 is 17.7 Å².